The summed E-state index contributed by atoms with van der Waals surface area (Å²) in [4.78, 5) is 0. The molecule has 0 amide bonds. The topological polar surface area (TPSA) is 36.9 Å². The molecule has 0 aromatic carbocycles. The van der Waals surface area contributed by atoms with Gasteiger partial charge in [0, 0.05) is 6.92 Å². The predicted octanol–water partition coefficient (Wildman–Crippen LogP) is 2.91. The molecule has 2 aliphatic rings. The van der Waals surface area contributed by atoms with Crippen LogP contribution in [0.3, 0.4) is 0 Å². The van der Waals surface area contributed by atoms with Crippen LogP contribution in [0.2, 0.25) is 0 Å². The van der Waals surface area contributed by atoms with Crippen molar-refractivity contribution in [3.8, 4) is 0 Å². The van der Waals surface area contributed by atoms with E-state index in [4.69, 9.17) is 18.9 Å². The third-order valence-electron chi connectivity index (χ3n) is 3.88. The van der Waals surface area contributed by atoms with Gasteiger partial charge in [-0.3, -0.25) is 4.74 Å². The molecule has 2 aliphatic heterocycles. The van der Waals surface area contributed by atoms with E-state index < -0.39 is 5.97 Å². The van der Waals surface area contributed by atoms with Crippen LogP contribution in [-0.2, 0) is 18.9 Å². The molecule has 4 heteroatoms. The van der Waals surface area contributed by atoms with Crippen LogP contribution in [-0.4, -0.2) is 30.1 Å². The van der Waals surface area contributed by atoms with Gasteiger partial charge in [-0.15, -0.1) is 0 Å². The zero-order valence-electron chi connectivity index (χ0n) is 12.5. The average Bonchev–Trinajstić information content (AvgIpc) is 2.48. The summed E-state index contributed by atoms with van der Waals surface area (Å²) in [7, 11) is 0. The summed E-state index contributed by atoms with van der Waals surface area (Å²) >= 11 is 0. The van der Waals surface area contributed by atoms with Gasteiger partial charge >= 0.3 is 0 Å². The Hall–Kier alpha value is -0.160. The van der Waals surface area contributed by atoms with Gasteiger partial charge in [0.25, 0.3) is 5.97 Å². The summed E-state index contributed by atoms with van der Waals surface area (Å²) in [6, 6.07) is 0. The van der Waals surface area contributed by atoms with Crippen LogP contribution in [0.15, 0.2) is 0 Å². The molecule has 106 valence electrons. The molecule has 0 saturated carbocycles. The molecule has 0 N–H and O–H groups in total. The van der Waals surface area contributed by atoms with Crippen molar-refractivity contribution in [1.82, 2.24) is 0 Å². The maximum Gasteiger partial charge on any atom is 0.283 e. The second-order valence-corrected chi connectivity index (χ2v) is 6.70. The molecule has 0 aromatic rings. The molecule has 0 spiro atoms. The van der Waals surface area contributed by atoms with E-state index >= 15 is 0 Å². The highest BCUT2D eigenvalue weighted by Gasteiger charge is 2.54. The summed E-state index contributed by atoms with van der Waals surface area (Å²) in [5.41, 5.74) is -0.317. The standard InChI is InChI=1S/C14H26O4/c1-8-9(2)11-12(15-10(8)3)17-14(7,16-11)18-13(4,5)6/h8-12H,1-7H3/t8-,9+,10-,11?,12?,14?/m0/s1. The summed E-state index contributed by atoms with van der Waals surface area (Å²) < 4.78 is 23.6. The van der Waals surface area contributed by atoms with E-state index in [0.29, 0.717) is 11.8 Å². The lowest BCUT2D eigenvalue weighted by atomic mass is 9.84. The Bertz CT molecular complexity index is 311. The van der Waals surface area contributed by atoms with E-state index in [1.54, 1.807) is 0 Å². The van der Waals surface area contributed by atoms with E-state index in [-0.39, 0.29) is 24.1 Å². The van der Waals surface area contributed by atoms with Gasteiger partial charge in [-0.05, 0) is 39.5 Å². The summed E-state index contributed by atoms with van der Waals surface area (Å²) in [6.07, 6.45) is -0.191. The van der Waals surface area contributed by atoms with E-state index in [9.17, 15) is 0 Å². The van der Waals surface area contributed by atoms with Crippen LogP contribution in [0.5, 0.6) is 0 Å². The van der Waals surface area contributed by atoms with Gasteiger partial charge < -0.3 is 14.2 Å². The average molecular weight is 258 g/mol. The molecule has 2 saturated heterocycles. The Kier molecular flexibility index (Phi) is 3.52. The number of rotatable bonds is 1. The molecule has 18 heavy (non-hydrogen) atoms. The van der Waals surface area contributed by atoms with Gasteiger partial charge in [0.15, 0.2) is 6.29 Å². The number of hydrogen-bond acceptors (Lipinski definition) is 4. The van der Waals surface area contributed by atoms with Crippen LogP contribution in [0, 0.1) is 11.8 Å². The van der Waals surface area contributed by atoms with Crippen molar-refractivity contribution in [2.45, 2.75) is 78.5 Å². The van der Waals surface area contributed by atoms with Gasteiger partial charge in [-0.25, -0.2) is 0 Å². The maximum atomic E-state index is 5.99. The first-order valence-electron chi connectivity index (χ1n) is 6.82. The minimum Gasteiger partial charge on any atom is -0.346 e. The van der Waals surface area contributed by atoms with Gasteiger partial charge in [-0.1, -0.05) is 13.8 Å². The second-order valence-electron chi connectivity index (χ2n) is 6.70. The Labute approximate surface area is 110 Å². The fourth-order valence-electron chi connectivity index (χ4n) is 2.74. The molecule has 0 aromatic heterocycles. The van der Waals surface area contributed by atoms with Crippen molar-refractivity contribution in [3.05, 3.63) is 0 Å². The van der Waals surface area contributed by atoms with Gasteiger partial charge in [0.2, 0.25) is 0 Å². The lowest BCUT2D eigenvalue weighted by Gasteiger charge is -2.38. The number of fused-ring (bicyclic) bond motifs is 1. The Balaban J connectivity index is 2.11. The molecule has 2 rings (SSSR count). The highest BCUT2D eigenvalue weighted by molar-refractivity contribution is 4.88. The van der Waals surface area contributed by atoms with Crippen molar-refractivity contribution in [2.75, 3.05) is 0 Å². The Morgan fingerprint density at radius 2 is 1.61 bits per heavy atom. The van der Waals surface area contributed by atoms with Crippen LogP contribution in [0.1, 0.15) is 48.5 Å². The Morgan fingerprint density at radius 1 is 1.00 bits per heavy atom. The Morgan fingerprint density at radius 3 is 2.17 bits per heavy atom. The quantitative estimate of drug-likeness (QED) is 0.724. The maximum absolute atomic E-state index is 5.99. The lowest BCUT2D eigenvalue weighted by molar-refractivity contribution is -0.370. The first kappa shape index (κ1) is 14.3. The largest absolute Gasteiger partial charge is 0.346 e. The molecule has 0 radical (unpaired) electrons. The second kappa shape index (κ2) is 4.44. The zero-order chi connectivity index (χ0) is 13.7. The van der Waals surface area contributed by atoms with E-state index in [1.807, 2.05) is 27.7 Å². The van der Waals surface area contributed by atoms with E-state index in [2.05, 4.69) is 20.8 Å². The SMILES string of the molecule is C[C@@H]1[C@H](C)OC2OC(C)(OC(C)(C)C)OC2[C@@H]1C. The normalized spacial score (nSPS) is 49.2. The summed E-state index contributed by atoms with van der Waals surface area (Å²) in [5.74, 6) is -0.165. The fourth-order valence-corrected chi connectivity index (χ4v) is 2.74. The smallest absolute Gasteiger partial charge is 0.283 e. The molecule has 4 nitrogen and oxygen atoms in total. The molecule has 0 bridgehead atoms. The van der Waals surface area contributed by atoms with Crippen LogP contribution >= 0.6 is 0 Å². The minimum atomic E-state index is -1.01. The van der Waals surface area contributed by atoms with Gasteiger partial charge in [-0.2, -0.15) is 0 Å². The minimum absolute atomic E-state index is 0.0523. The highest BCUT2D eigenvalue weighted by atomic mass is 16.9. The van der Waals surface area contributed by atoms with Crippen LogP contribution in [0.25, 0.3) is 0 Å². The molecule has 2 heterocycles. The van der Waals surface area contributed by atoms with Crippen molar-refractivity contribution < 1.29 is 18.9 Å². The predicted molar refractivity (Wildman–Crippen MR) is 67.9 cm³/mol. The zero-order valence-corrected chi connectivity index (χ0v) is 12.5. The molecule has 2 fully saturated rings. The molecular weight excluding hydrogens is 232 g/mol. The van der Waals surface area contributed by atoms with Gasteiger partial charge in [0.1, 0.15) is 6.10 Å². The van der Waals surface area contributed by atoms with Crippen molar-refractivity contribution in [1.29, 1.82) is 0 Å². The monoisotopic (exact) mass is 258 g/mol. The first-order valence-corrected chi connectivity index (χ1v) is 6.82. The molecule has 6 atom stereocenters. The molecule has 3 unspecified atom stereocenters. The third-order valence-corrected chi connectivity index (χ3v) is 3.88. The van der Waals surface area contributed by atoms with E-state index in [1.165, 1.54) is 0 Å². The van der Waals surface area contributed by atoms with Crippen molar-refractivity contribution >= 4 is 0 Å². The summed E-state index contributed by atoms with van der Waals surface area (Å²) in [6.45, 7) is 14.2. The number of hydrogen-bond donors (Lipinski definition) is 0. The summed E-state index contributed by atoms with van der Waals surface area (Å²) in [5, 5.41) is 0. The lowest BCUT2D eigenvalue weighted by Crippen LogP contribution is -2.46. The molecular formula is C14H26O4. The highest BCUT2D eigenvalue weighted by Crippen LogP contribution is 2.43. The van der Waals surface area contributed by atoms with Crippen LogP contribution in [0.4, 0.5) is 0 Å². The van der Waals surface area contributed by atoms with E-state index in [0.717, 1.165) is 0 Å². The van der Waals surface area contributed by atoms with Crippen molar-refractivity contribution in [3.63, 3.8) is 0 Å². The first-order chi connectivity index (χ1) is 8.11. The van der Waals surface area contributed by atoms with Gasteiger partial charge in [0.05, 0.1) is 11.7 Å². The fraction of sp³-hybridized carbons (Fsp3) is 1.00. The third kappa shape index (κ3) is 2.72. The molecule has 0 aliphatic carbocycles. The van der Waals surface area contributed by atoms with Crippen LogP contribution < -0.4 is 0 Å². The number of ether oxygens (including phenoxy) is 4. The van der Waals surface area contributed by atoms with Crippen molar-refractivity contribution in [2.24, 2.45) is 11.8 Å².